The van der Waals surface area contributed by atoms with Crippen molar-refractivity contribution < 1.29 is 19.4 Å². The standard InChI is InChI=1S/C22H28N2O4/c1-22(2,3)28-21(27)17-10-11-24(18(23)13-17)19(20(25)26)16-9-8-14-6-4-5-7-15(14)12-16/h4-9,12,17-19H,10-11,13,23H2,1-3H3,(H,25,26)/t17-,18+,19+/m0/s1. The van der Waals surface area contributed by atoms with E-state index in [1.165, 1.54) is 0 Å². The van der Waals surface area contributed by atoms with Crippen molar-refractivity contribution >= 4 is 22.7 Å². The largest absolute Gasteiger partial charge is 0.480 e. The van der Waals surface area contributed by atoms with Crippen LogP contribution in [-0.4, -0.2) is 40.3 Å². The molecule has 0 saturated carbocycles. The highest BCUT2D eigenvalue weighted by molar-refractivity contribution is 5.85. The summed E-state index contributed by atoms with van der Waals surface area (Å²) in [7, 11) is 0. The number of carbonyl (C=O) groups is 2. The average Bonchev–Trinajstić information content (AvgIpc) is 2.61. The highest BCUT2D eigenvalue weighted by Gasteiger charge is 2.38. The molecule has 0 aliphatic carbocycles. The van der Waals surface area contributed by atoms with Crippen LogP contribution in [0.2, 0.25) is 0 Å². The molecule has 0 spiro atoms. The molecule has 3 atom stereocenters. The van der Waals surface area contributed by atoms with Gasteiger partial charge in [-0.25, -0.2) is 0 Å². The van der Waals surface area contributed by atoms with Crippen LogP contribution in [-0.2, 0) is 14.3 Å². The number of ether oxygens (including phenoxy) is 1. The molecule has 1 heterocycles. The molecule has 0 amide bonds. The second-order valence-electron chi connectivity index (χ2n) is 8.41. The number of hydrogen-bond acceptors (Lipinski definition) is 5. The molecule has 2 aromatic carbocycles. The van der Waals surface area contributed by atoms with Crippen molar-refractivity contribution in [1.82, 2.24) is 4.90 Å². The van der Waals surface area contributed by atoms with Crippen LogP contribution < -0.4 is 5.73 Å². The molecule has 28 heavy (non-hydrogen) atoms. The zero-order valence-electron chi connectivity index (χ0n) is 16.6. The Bertz CT molecular complexity index is 874. The molecule has 0 bridgehead atoms. The number of fused-ring (bicyclic) bond motifs is 1. The Labute approximate surface area is 165 Å². The number of rotatable bonds is 4. The van der Waals surface area contributed by atoms with E-state index in [0.29, 0.717) is 24.9 Å². The first-order valence-corrected chi connectivity index (χ1v) is 9.61. The van der Waals surface area contributed by atoms with Crippen LogP contribution in [0, 0.1) is 5.92 Å². The monoisotopic (exact) mass is 384 g/mol. The number of benzene rings is 2. The van der Waals surface area contributed by atoms with Crippen molar-refractivity contribution in [2.75, 3.05) is 6.54 Å². The van der Waals surface area contributed by atoms with Gasteiger partial charge in [0.25, 0.3) is 0 Å². The van der Waals surface area contributed by atoms with Crippen molar-refractivity contribution in [2.45, 2.75) is 51.4 Å². The lowest BCUT2D eigenvalue weighted by Gasteiger charge is -2.40. The minimum atomic E-state index is -0.943. The molecular formula is C22H28N2O4. The van der Waals surface area contributed by atoms with E-state index in [2.05, 4.69) is 0 Å². The predicted molar refractivity (Wildman–Crippen MR) is 108 cm³/mol. The molecule has 0 aromatic heterocycles. The van der Waals surface area contributed by atoms with E-state index in [1.807, 2.05) is 63.2 Å². The fourth-order valence-corrected chi connectivity index (χ4v) is 3.79. The minimum Gasteiger partial charge on any atom is -0.480 e. The van der Waals surface area contributed by atoms with Gasteiger partial charge >= 0.3 is 11.9 Å². The number of nitrogens with zero attached hydrogens (tertiary/aromatic N) is 1. The number of aliphatic carboxylic acids is 1. The Hall–Kier alpha value is -2.44. The van der Waals surface area contributed by atoms with E-state index in [1.54, 1.807) is 4.90 Å². The fraction of sp³-hybridized carbons (Fsp3) is 0.455. The van der Waals surface area contributed by atoms with Crippen LogP contribution in [0.25, 0.3) is 10.8 Å². The maximum Gasteiger partial charge on any atom is 0.325 e. The van der Waals surface area contributed by atoms with Crippen molar-refractivity contribution in [1.29, 1.82) is 0 Å². The van der Waals surface area contributed by atoms with E-state index < -0.39 is 23.8 Å². The number of esters is 1. The van der Waals surface area contributed by atoms with E-state index in [0.717, 1.165) is 10.8 Å². The zero-order chi connectivity index (χ0) is 20.5. The summed E-state index contributed by atoms with van der Waals surface area (Å²) in [5.41, 5.74) is 6.46. The van der Waals surface area contributed by atoms with Crippen LogP contribution in [0.5, 0.6) is 0 Å². The first-order valence-electron chi connectivity index (χ1n) is 9.61. The molecule has 1 aliphatic rings. The molecule has 1 aliphatic heterocycles. The van der Waals surface area contributed by atoms with Gasteiger partial charge in [0.2, 0.25) is 0 Å². The van der Waals surface area contributed by atoms with Gasteiger partial charge in [-0.3, -0.25) is 14.5 Å². The average molecular weight is 384 g/mol. The first-order chi connectivity index (χ1) is 13.2. The Morgan fingerprint density at radius 3 is 2.46 bits per heavy atom. The van der Waals surface area contributed by atoms with Gasteiger partial charge in [-0.05, 0) is 56.0 Å². The highest BCUT2D eigenvalue weighted by Crippen LogP contribution is 2.32. The Kier molecular flexibility index (Phi) is 5.72. The quantitative estimate of drug-likeness (QED) is 0.786. The lowest BCUT2D eigenvalue weighted by atomic mass is 9.91. The molecule has 0 radical (unpaired) electrons. The van der Waals surface area contributed by atoms with Crippen LogP contribution >= 0.6 is 0 Å². The van der Waals surface area contributed by atoms with Crippen LogP contribution in [0.15, 0.2) is 42.5 Å². The van der Waals surface area contributed by atoms with Gasteiger partial charge in [-0.2, -0.15) is 0 Å². The van der Waals surface area contributed by atoms with Gasteiger partial charge in [0.05, 0.1) is 12.1 Å². The summed E-state index contributed by atoms with van der Waals surface area (Å²) in [5.74, 6) is -1.52. The van der Waals surface area contributed by atoms with Gasteiger partial charge < -0.3 is 15.6 Å². The Balaban J connectivity index is 1.79. The second kappa shape index (κ2) is 7.89. The van der Waals surface area contributed by atoms with Crippen LogP contribution in [0.3, 0.4) is 0 Å². The number of carboxylic acid groups (broad SMARTS) is 1. The normalized spacial score (nSPS) is 22.0. The summed E-state index contributed by atoms with van der Waals surface area (Å²) in [6, 6.07) is 12.7. The molecule has 3 rings (SSSR count). The van der Waals surface area contributed by atoms with Crippen molar-refractivity contribution in [3.05, 3.63) is 48.0 Å². The van der Waals surface area contributed by atoms with Crippen molar-refractivity contribution in [3.63, 3.8) is 0 Å². The third-order valence-corrected chi connectivity index (χ3v) is 5.08. The molecule has 6 nitrogen and oxygen atoms in total. The number of carbonyl (C=O) groups excluding carboxylic acids is 1. The van der Waals surface area contributed by atoms with Gasteiger partial charge in [-0.15, -0.1) is 0 Å². The molecule has 1 saturated heterocycles. The SMILES string of the molecule is CC(C)(C)OC(=O)[C@H]1CCN([C@@H](C(=O)O)c2ccc3ccccc3c2)[C@@H](N)C1. The summed E-state index contributed by atoms with van der Waals surface area (Å²) in [4.78, 5) is 26.2. The maximum atomic E-state index is 12.4. The number of hydrogen-bond donors (Lipinski definition) is 2. The summed E-state index contributed by atoms with van der Waals surface area (Å²) >= 11 is 0. The lowest BCUT2D eigenvalue weighted by Crippen LogP contribution is -2.52. The number of likely N-dealkylation sites (tertiary alicyclic amines) is 1. The Morgan fingerprint density at radius 2 is 1.86 bits per heavy atom. The number of piperidine rings is 1. The van der Waals surface area contributed by atoms with E-state index >= 15 is 0 Å². The Morgan fingerprint density at radius 1 is 1.18 bits per heavy atom. The predicted octanol–water partition coefficient (Wildman–Crippen LogP) is 3.30. The highest BCUT2D eigenvalue weighted by atomic mass is 16.6. The third-order valence-electron chi connectivity index (χ3n) is 5.08. The van der Waals surface area contributed by atoms with Crippen LogP contribution in [0.4, 0.5) is 0 Å². The van der Waals surface area contributed by atoms with Gasteiger partial charge in [0.15, 0.2) is 0 Å². The molecular weight excluding hydrogens is 356 g/mol. The van der Waals surface area contributed by atoms with E-state index in [9.17, 15) is 14.7 Å². The molecule has 6 heteroatoms. The van der Waals surface area contributed by atoms with Gasteiger partial charge in [0, 0.05) is 6.54 Å². The van der Waals surface area contributed by atoms with Crippen LogP contribution in [0.1, 0.15) is 45.2 Å². The maximum absolute atomic E-state index is 12.4. The van der Waals surface area contributed by atoms with E-state index in [-0.39, 0.29) is 11.9 Å². The summed E-state index contributed by atoms with van der Waals surface area (Å²) in [5, 5.41) is 12.0. The second-order valence-corrected chi connectivity index (χ2v) is 8.41. The molecule has 3 N–H and O–H groups in total. The molecule has 150 valence electrons. The molecule has 1 fully saturated rings. The first kappa shape index (κ1) is 20.3. The summed E-state index contributed by atoms with van der Waals surface area (Å²) in [6.07, 6.45) is 0.380. The van der Waals surface area contributed by atoms with Crippen molar-refractivity contribution in [3.8, 4) is 0 Å². The smallest absolute Gasteiger partial charge is 0.325 e. The van der Waals surface area contributed by atoms with Crippen molar-refractivity contribution in [2.24, 2.45) is 11.7 Å². The summed E-state index contributed by atoms with van der Waals surface area (Å²) in [6.45, 7) is 5.93. The van der Waals surface area contributed by atoms with E-state index in [4.69, 9.17) is 10.5 Å². The summed E-state index contributed by atoms with van der Waals surface area (Å²) < 4.78 is 5.47. The minimum absolute atomic E-state index is 0.264. The molecule has 0 unspecified atom stereocenters. The fourth-order valence-electron chi connectivity index (χ4n) is 3.79. The zero-order valence-corrected chi connectivity index (χ0v) is 16.6. The lowest BCUT2D eigenvalue weighted by molar-refractivity contribution is -0.163. The number of nitrogens with two attached hydrogens (primary N) is 1. The molecule has 2 aromatic rings. The third kappa shape index (κ3) is 4.51. The number of carboxylic acids is 1. The van der Waals surface area contributed by atoms with Gasteiger partial charge in [-0.1, -0.05) is 36.4 Å². The van der Waals surface area contributed by atoms with Gasteiger partial charge in [0.1, 0.15) is 11.6 Å². The topological polar surface area (TPSA) is 92.9 Å².